The summed E-state index contributed by atoms with van der Waals surface area (Å²) in [5.74, 6) is 1.47. The number of allylic oxidation sites excluding steroid dienone is 7. The molecule has 2 nitrogen and oxygen atoms in total. The molecule has 2 rings (SSSR count). The Labute approximate surface area is 245 Å². The first kappa shape index (κ1) is 33.4. The Kier molecular flexibility index (Phi) is 13.4. The monoisotopic (exact) mass is 562 g/mol. The van der Waals surface area contributed by atoms with Crippen molar-refractivity contribution in [2.24, 2.45) is 17.3 Å². The SMILES string of the molecule is CNC(C1=CC(Cl)=CCC(Cl)=C1)C(C)N(C1CCC(C(C)(C)C)CC1)C(CCC(C)C)/C(C)=C/C=C(C)C. The first-order valence-corrected chi connectivity index (χ1v) is 15.7. The Morgan fingerprint density at radius 3 is 2.16 bits per heavy atom. The molecule has 0 amide bonds. The molecule has 3 unspecified atom stereocenters. The van der Waals surface area contributed by atoms with E-state index in [-0.39, 0.29) is 12.1 Å². The molecule has 1 N–H and O–H groups in total. The van der Waals surface area contributed by atoms with E-state index in [1.54, 1.807) is 0 Å². The molecule has 0 aromatic rings. The molecule has 0 aliphatic heterocycles. The highest BCUT2D eigenvalue weighted by atomic mass is 35.5. The molecule has 0 heterocycles. The van der Waals surface area contributed by atoms with Crippen molar-refractivity contribution in [1.82, 2.24) is 10.2 Å². The molecular weight excluding hydrogens is 507 g/mol. The summed E-state index contributed by atoms with van der Waals surface area (Å²) in [6.07, 6.45) is 19.1. The van der Waals surface area contributed by atoms with Crippen LogP contribution in [0.1, 0.15) is 107 Å². The summed E-state index contributed by atoms with van der Waals surface area (Å²) >= 11 is 13.2. The minimum absolute atomic E-state index is 0.127. The zero-order valence-electron chi connectivity index (χ0n) is 26.0. The minimum Gasteiger partial charge on any atom is -0.312 e. The van der Waals surface area contributed by atoms with Crippen molar-refractivity contribution in [3.63, 3.8) is 0 Å². The lowest BCUT2D eigenvalue weighted by Crippen LogP contribution is -2.57. The van der Waals surface area contributed by atoms with Gasteiger partial charge in [0.1, 0.15) is 0 Å². The average Bonchev–Trinajstić information content (AvgIpc) is 3.00. The molecule has 0 spiro atoms. The van der Waals surface area contributed by atoms with Gasteiger partial charge in [0.15, 0.2) is 0 Å². The third-order valence-electron chi connectivity index (χ3n) is 8.67. The highest BCUT2D eigenvalue weighted by molar-refractivity contribution is 6.32. The van der Waals surface area contributed by atoms with Crippen molar-refractivity contribution in [2.75, 3.05) is 7.05 Å². The topological polar surface area (TPSA) is 15.3 Å². The molecule has 2 aliphatic rings. The highest BCUT2D eigenvalue weighted by Gasteiger charge is 2.39. The van der Waals surface area contributed by atoms with Gasteiger partial charge in [-0.2, -0.15) is 0 Å². The van der Waals surface area contributed by atoms with E-state index in [0.717, 1.165) is 16.0 Å². The number of nitrogens with zero attached hydrogens (tertiary/aromatic N) is 1. The van der Waals surface area contributed by atoms with Gasteiger partial charge in [-0.15, -0.1) is 0 Å². The number of hydrogen-bond acceptors (Lipinski definition) is 2. The fraction of sp³-hybridized carbons (Fsp3) is 0.706. The van der Waals surface area contributed by atoms with Crippen LogP contribution in [0.2, 0.25) is 0 Å². The molecule has 1 fully saturated rings. The molecule has 1 saturated carbocycles. The second kappa shape index (κ2) is 15.3. The van der Waals surface area contributed by atoms with Crippen molar-refractivity contribution in [2.45, 2.75) is 131 Å². The van der Waals surface area contributed by atoms with E-state index < -0.39 is 0 Å². The second-order valence-electron chi connectivity index (χ2n) is 13.5. The standard InChI is InChI=1S/C34H56Cl2N2/c1-23(2)11-13-25(5)32(20-12-24(3)4)38(31-18-14-28(15-19-31)34(7,8)9)26(6)33(37-10)27-21-29(35)16-17-30(36)22-27/h11,13,16,21-22,24,26,28,31-33,37H,12,14-15,17-20H2,1-10H3/b25-13+. The Hall–Kier alpha value is -0.800. The Balaban J connectivity index is 2.55. The number of nitrogens with one attached hydrogen (secondary N) is 1. The summed E-state index contributed by atoms with van der Waals surface area (Å²) in [5, 5.41) is 5.28. The zero-order valence-corrected chi connectivity index (χ0v) is 27.5. The summed E-state index contributed by atoms with van der Waals surface area (Å²) in [6, 6.07) is 1.36. The molecule has 0 radical (unpaired) electrons. The molecule has 0 aromatic heterocycles. The fourth-order valence-corrected chi connectivity index (χ4v) is 6.76. The van der Waals surface area contributed by atoms with Crippen LogP contribution in [-0.4, -0.2) is 36.1 Å². The van der Waals surface area contributed by atoms with Crippen LogP contribution in [0, 0.1) is 17.3 Å². The summed E-state index contributed by atoms with van der Waals surface area (Å²) in [6.45, 7) is 21.1. The van der Waals surface area contributed by atoms with Crippen LogP contribution in [0.5, 0.6) is 0 Å². The molecule has 2 aliphatic carbocycles. The molecule has 4 heteroatoms. The molecule has 0 saturated heterocycles. The molecule has 216 valence electrons. The van der Waals surface area contributed by atoms with E-state index in [9.17, 15) is 0 Å². The van der Waals surface area contributed by atoms with Crippen LogP contribution in [0.15, 0.2) is 57.2 Å². The van der Waals surface area contributed by atoms with Crippen LogP contribution < -0.4 is 5.32 Å². The first-order chi connectivity index (χ1) is 17.7. The van der Waals surface area contributed by atoms with E-state index in [1.807, 2.05) is 6.08 Å². The summed E-state index contributed by atoms with van der Waals surface area (Å²) in [5.41, 5.74) is 4.36. The quantitative estimate of drug-likeness (QED) is 0.252. The largest absolute Gasteiger partial charge is 0.312 e. The van der Waals surface area contributed by atoms with Crippen LogP contribution in [0.4, 0.5) is 0 Å². The average molecular weight is 564 g/mol. The van der Waals surface area contributed by atoms with Gasteiger partial charge in [-0.1, -0.05) is 87.2 Å². The third-order valence-corrected chi connectivity index (χ3v) is 9.20. The Morgan fingerprint density at radius 2 is 1.63 bits per heavy atom. The lowest BCUT2D eigenvalue weighted by molar-refractivity contribution is 0.0359. The van der Waals surface area contributed by atoms with Gasteiger partial charge >= 0.3 is 0 Å². The Morgan fingerprint density at radius 1 is 1.00 bits per heavy atom. The normalized spacial score (nSPS) is 23.8. The van der Waals surface area contributed by atoms with E-state index in [0.29, 0.717) is 29.8 Å². The smallest absolute Gasteiger partial charge is 0.0474 e. The Bertz CT molecular complexity index is 903. The number of rotatable bonds is 11. The van der Waals surface area contributed by atoms with Crippen LogP contribution in [0.25, 0.3) is 0 Å². The van der Waals surface area contributed by atoms with Gasteiger partial charge in [-0.05, 0) is 108 Å². The fourth-order valence-electron chi connectivity index (χ4n) is 6.36. The first-order valence-electron chi connectivity index (χ1n) is 14.9. The van der Waals surface area contributed by atoms with Gasteiger partial charge < -0.3 is 5.32 Å². The van der Waals surface area contributed by atoms with E-state index >= 15 is 0 Å². The predicted octanol–water partition coefficient (Wildman–Crippen LogP) is 10.2. The van der Waals surface area contributed by atoms with Crippen molar-refractivity contribution in [3.8, 4) is 0 Å². The van der Waals surface area contributed by atoms with E-state index in [2.05, 4.69) is 104 Å². The van der Waals surface area contributed by atoms with Gasteiger partial charge in [-0.25, -0.2) is 0 Å². The lowest BCUT2D eigenvalue weighted by Gasteiger charge is -2.49. The van der Waals surface area contributed by atoms with Crippen molar-refractivity contribution in [1.29, 1.82) is 0 Å². The molecule has 0 aromatic carbocycles. The zero-order chi connectivity index (χ0) is 28.6. The maximum atomic E-state index is 6.60. The van der Waals surface area contributed by atoms with Gasteiger partial charge in [-0.3, -0.25) is 4.90 Å². The van der Waals surface area contributed by atoms with Crippen LogP contribution >= 0.6 is 23.2 Å². The highest BCUT2D eigenvalue weighted by Crippen LogP contribution is 2.41. The number of hydrogen-bond donors (Lipinski definition) is 1. The maximum Gasteiger partial charge on any atom is 0.0474 e. The van der Waals surface area contributed by atoms with Crippen LogP contribution in [-0.2, 0) is 0 Å². The summed E-state index contributed by atoms with van der Waals surface area (Å²) in [7, 11) is 2.08. The lowest BCUT2D eigenvalue weighted by atomic mass is 9.70. The van der Waals surface area contributed by atoms with Gasteiger partial charge in [0.2, 0.25) is 0 Å². The van der Waals surface area contributed by atoms with Gasteiger partial charge in [0.25, 0.3) is 0 Å². The van der Waals surface area contributed by atoms with Crippen molar-refractivity contribution < 1.29 is 0 Å². The number of halogens is 2. The molecule has 0 bridgehead atoms. The maximum absolute atomic E-state index is 6.60. The van der Waals surface area contributed by atoms with E-state index in [1.165, 1.54) is 55.2 Å². The van der Waals surface area contributed by atoms with Crippen LogP contribution in [0.3, 0.4) is 0 Å². The predicted molar refractivity (Wildman–Crippen MR) is 171 cm³/mol. The summed E-state index contributed by atoms with van der Waals surface area (Å²) < 4.78 is 0. The summed E-state index contributed by atoms with van der Waals surface area (Å²) in [4.78, 5) is 2.89. The van der Waals surface area contributed by atoms with Gasteiger partial charge in [0.05, 0.1) is 0 Å². The molecule has 38 heavy (non-hydrogen) atoms. The third kappa shape index (κ3) is 9.99. The van der Waals surface area contributed by atoms with Crippen molar-refractivity contribution >= 4 is 23.2 Å². The van der Waals surface area contributed by atoms with E-state index in [4.69, 9.17) is 23.2 Å². The minimum atomic E-state index is 0.127. The van der Waals surface area contributed by atoms with Crippen molar-refractivity contribution in [3.05, 3.63) is 57.2 Å². The number of likely N-dealkylation sites (N-methyl/N-ethyl adjacent to an activating group) is 1. The van der Waals surface area contributed by atoms with Gasteiger partial charge in [0, 0.05) is 40.7 Å². The molecular formula is C34H56Cl2N2. The second-order valence-corrected chi connectivity index (χ2v) is 14.4. The molecule has 3 atom stereocenters.